The topological polar surface area (TPSA) is 47.3 Å². The molecule has 3 unspecified atom stereocenters. The predicted molar refractivity (Wildman–Crippen MR) is 69.5 cm³/mol. The monoisotopic (exact) mass is 246 g/mol. The molecule has 0 aromatic carbocycles. The fraction of sp³-hybridized carbons (Fsp3) is 0.467. The van der Waals surface area contributed by atoms with Gasteiger partial charge in [-0.05, 0) is 31.9 Å². The smallest absolute Gasteiger partial charge is 0.338 e. The molecule has 18 heavy (non-hydrogen) atoms. The molecule has 3 heteroatoms. The summed E-state index contributed by atoms with van der Waals surface area (Å²) in [5.41, 5.74) is -0.185. The highest BCUT2D eigenvalue weighted by Crippen LogP contribution is 2.50. The van der Waals surface area contributed by atoms with Crippen molar-refractivity contribution in [1.82, 2.24) is 0 Å². The number of aryl methyl sites for hydroxylation is 1. The minimum Gasteiger partial charge on any atom is -0.427 e. The first-order valence-electron chi connectivity index (χ1n) is 6.17. The Morgan fingerprint density at radius 1 is 1.50 bits per heavy atom. The first kappa shape index (κ1) is 12.8. The molecule has 1 heterocycles. The molecule has 0 aliphatic heterocycles. The third-order valence-electron chi connectivity index (χ3n) is 4.28. The Balaban J connectivity index is 2.30. The van der Waals surface area contributed by atoms with E-state index in [9.17, 15) is 9.59 Å². The standard InChI is InChI=1S/C15H18O3/c1-5-15(4)11(8-13(15)16)10(3)12-7-6-9(2)14(17)18-12/h5-7,10-11H,1,8H2,2-4H3. The number of ketones is 1. The first-order chi connectivity index (χ1) is 8.40. The Morgan fingerprint density at radius 3 is 2.67 bits per heavy atom. The predicted octanol–water partition coefficient (Wildman–Crippen LogP) is 2.83. The van der Waals surface area contributed by atoms with Crippen LogP contribution in [-0.4, -0.2) is 5.78 Å². The number of allylic oxidation sites excluding steroid dienone is 1. The fourth-order valence-electron chi connectivity index (χ4n) is 2.61. The van der Waals surface area contributed by atoms with Gasteiger partial charge in [0.05, 0.1) is 0 Å². The lowest BCUT2D eigenvalue weighted by Crippen LogP contribution is -2.48. The van der Waals surface area contributed by atoms with Gasteiger partial charge in [0.25, 0.3) is 0 Å². The summed E-state index contributed by atoms with van der Waals surface area (Å²) in [4.78, 5) is 23.2. The van der Waals surface area contributed by atoms with Crippen LogP contribution in [0, 0.1) is 18.3 Å². The molecule has 1 fully saturated rings. The zero-order valence-electron chi connectivity index (χ0n) is 11.0. The van der Waals surface area contributed by atoms with E-state index < -0.39 is 5.41 Å². The van der Waals surface area contributed by atoms with Crippen LogP contribution in [0.3, 0.4) is 0 Å². The molecule has 0 spiro atoms. The quantitative estimate of drug-likeness (QED) is 0.770. The number of hydrogen-bond donors (Lipinski definition) is 0. The number of carbonyl (C=O) groups excluding carboxylic acids is 1. The van der Waals surface area contributed by atoms with E-state index in [-0.39, 0.29) is 23.2 Å². The molecule has 0 radical (unpaired) electrons. The highest BCUT2D eigenvalue weighted by atomic mass is 16.4. The van der Waals surface area contributed by atoms with E-state index in [1.165, 1.54) is 0 Å². The molecule has 1 saturated carbocycles. The van der Waals surface area contributed by atoms with Crippen molar-refractivity contribution in [2.75, 3.05) is 0 Å². The second-order valence-corrected chi connectivity index (χ2v) is 5.32. The van der Waals surface area contributed by atoms with Gasteiger partial charge in [0.2, 0.25) is 0 Å². The largest absolute Gasteiger partial charge is 0.427 e. The summed E-state index contributed by atoms with van der Waals surface area (Å²) in [5, 5.41) is 0. The summed E-state index contributed by atoms with van der Waals surface area (Å²) in [6, 6.07) is 3.59. The molecule has 3 atom stereocenters. The Hall–Kier alpha value is -1.64. The third-order valence-corrected chi connectivity index (χ3v) is 4.28. The summed E-state index contributed by atoms with van der Waals surface area (Å²) in [7, 11) is 0. The van der Waals surface area contributed by atoms with Crippen molar-refractivity contribution >= 4 is 5.78 Å². The zero-order valence-corrected chi connectivity index (χ0v) is 11.0. The summed E-state index contributed by atoms with van der Waals surface area (Å²) in [6.45, 7) is 9.37. The summed E-state index contributed by atoms with van der Waals surface area (Å²) in [5.74, 6) is 1.06. The van der Waals surface area contributed by atoms with Gasteiger partial charge in [0, 0.05) is 23.3 Å². The first-order valence-corrected chi connectivity index (χ1v) is 6.17. The maximum Gasteiger partial charge on any atom is 0.338 e. The maximum absolute atomic E-state index is 11.7. The Labute approximate surface area is 107 Å². The lowest BCUT2D eigenvalue weighted by atomic mass is 9.56. The minimum atomic E-state index is -0.483. The normalized spacial score (nSPS) is 28.6. The van der Waals surface area contributed by atoms with Gasteiger partial charge in [0.1, 0.15) is 11.5 Å². The summed E-state index contributed by atoms with van der Waals surface area (Å²) < 4.78 is 5.30. The van der Waals surface area contributed by atoms with Gasteiger partial charge in [-0.15, -0.1) is 6.58 Å². The van der Waals surface area contributed by atoms with Crippen LogP contribution >= 0.6 is 0 Å². The van der Waals surface area contributed by atoms with Crippen LogP contribution in [0.1, 0.15) is 37.5 Å². The van der Waals surface area contributed by atoms with Crippen LogP contribution in [0.25, 0.3) is 0 Å². The van der Waals surface area contributed by atoms with Crippen LogP contribution < -0.4 is 5.63 Å². The van der Waals surface area contributed by atoms with Crippen LogP contribution in [0.4, 0.5) is 0 Å². The number of rotatable bonds is 3. The van der Waals surface area contributed by atoms with E-state index in [1.807, 2.05) is 19.9 Å². The molecular formula is C15H18O3. The van der Waals surface area contributed by atoms with E-state index in [4.69, 9.17) is 4.42 Å². The second-order valence-electron chi connectivity index (χ2n) is 5.32. The van der Waals surface area contributed by atoms with Crippen LogP contribution in [0.15, 0.2) is 34.0 Å². The Bertz CT molecular complexity index is 555. The van der Waals surface area contributed by atoms with Crippen molar-refractivity contribution in [1.29, 1.82) is 0 Å². The molecule has 1 aliphatic rings. The molecule has 3 nitrogen and oxygen atoms in total. The van der Waals surface area contributed by atoms with Gasteiger partial charge < -0.3 is 4.42 Å². The van der Waals surface area contributed by atoms with Crippen molar-refractivity contribution in [3.8, 4) is 0 Å². The molecule has 1 aromatic heterocycles. The molecule has 1 aliphatic carbocycles. The van der Waals surface area contributed by atoms with E-state index in [0.717, 1.165) is 0 Å². The van der Waals surface area contributed by atoms with E-state index in [1.54, 1.807) is 19.1 Å². The van der Waals surface area contributed by atoms with Gasteiger partial charge in [-0.3, -0.25) is 4.79 Å². The van der Waals surface area contributed by atoms with Crippen molar-refractivity contribution in [3.63, 3.8) is 0 Å². The highest BCUT2D eigenvalue weighted by Gasteiger charge is 2.51. The van der Waals surface area contributed by atoms with Gasteiger partial charge in [-0.1, -0.05) is 13.0 Å². The molecule has 0 bridgehead atoms. The van der Waals surface area contributed by atoms with Crippen LogP contribution in [0.2, 0.25) is 0 Å². The molecule has 96 valence electrons. The van der Waals surface area contributed by atoms with Crippen molar-refractivity contribution in [2.45, 2.75) is 33.1 Å². The number of Topliss-reactive ketones (excluding diaryl/α,β-unsaturated/α-hetero) is 1. The van der Waals surface area contributed by atoms with E-state index in [0.29, 0.717) is 17.7 Å². The molecular weight excluding hydrogens is 228 g/mol. The number of hydrogen-bond acceptors (Lipinski definition) is 3. The van der Waals surface area contributed by atoms with Crippen LogP contribution in [0.5, 0.6) is 0 Å². The molecule has 1 aromatic rings. The van der Waals surface area contributed by atoms with Gasteiger partial charge in [-0.2, -0.15) is 0 Å². The molecule has 0 N–H and O–H groups in total. The Morgan fingerprint density at radius 2 is 2.17 bits per heavy atom. The molecule has 0 amide bonds. The van der Waals surface area contributed by atoms with Gasteiger partial charge >= 0.3 is 5.63 Å². The SMILES string of the molecule is C=CC1(C)C(=O)CC1C(C)c1ccc(C)c(=O)o1. The second kappa shape index (κ2) is 4.23. The van der Waals surface area contributed by atoms with Crippen LogP contribution in [-0.2, 0) is 4.79 Å². The molecule has 0 saturated heterocycles. The average molecular weight is 246 g/mol. The van der Waals surface area contributed by atoms with Gasteiger partial charge in [0.15, 0.2) is 0 Å². The van der Waals surface area contributed by atoms with Crippen molar-refractivity contribution in [3.05, 3.63) is 46.5 Å². The zero-order chi connectivity index (χ0) is 13.5. The lowest BCUT2D eigenvalue weighted by molar-refractivity contribution is -0.140. The average Bonchev–Trinajstić information content (AvgIpc) is 2.37. The molecule has 2 rings (SSSR count). The minimum absolute atomic E-state index is 0.0407. The Kier molecular flexibility index (Phi) is 3.01. The summed E-state index contributed by atoms with van der Waals surface area (Å²) >= 11 is 0. The van der Waals surface area contributed by atoms with Crippen molar-refractivity contribution in [2.24, 2.45) is 11.3 Å². The number of carbonyl (C=O) groups is 1. The highest BCUT2D eigenvalue weighted by molar-refractivity contribution is 5.93. The van der Waals surface area contributed by atoms with Crippen molar-refractivity contribution < 1.29 is 9.21 Å². The lowest BCUT2D eigenvalue weighted by Gasteiger charge is -2.46. The fourth-order valence-corrected chi connectivity index (χ4v) is 2.61. The van der Waals surface area contributed by atoms with E-state index in [2.05, 4.69) is 6.58 Å². The summed E-state index contributed by atoms with van der Waals surface area (Å²) in [6.07, 6.45) is 2.24. The van der Waals surface area contributed by atoms with E-state index >= 15 is 0 Å². The van der Waals surface area contributed by atoms with Gasteiger partial charge in [-0.25, -0.2) is 4.79 Å². The third kappa shape index (κ3) is 1.74. The maximum atomic E-state index is 11.7.